The zero-order chi connectivity index (χ0) is 16.3. The number of nitrogens with one attached hydrogen (secondary N) is 1. The Morgan fingerprint density at radius 1 is 1.38 bits per heavy atom. The minimum absolute atomic E-state index is 0.0435. The van der Waals surface area contributed by atoms with Crippen molar-refractivity contribution in [2.24, 2.45) is 5.73 Å². The molecule has 0 atom stereocenters. The Bertz CT molecular complexity index is 633. The Morgan fingerprint density at radius 2 is 2.00 bits per heavy atom. The summed E-state index contributed by atoms with van der Waals surface area (Å²) in [5, 5.41) is 0.239. The molecule has 0 aliphatic rings. The van der Waals surface area contributed by atoms with Gasteiger partial charge >= 0.3 is 6.18 Å². The molecule has 1 aromatic rings. The van der Waals surface area contributed by atoms with E-state index in [1.165, 1.54) is 18.2 Å². The molecule has 1 rings (SSSR count). The highest BCUT2D eigenvalue weighted by atomic mass is 35.5. The largest absolute Gasteiger partial charge is 0.389 e. The Labute approximate surface area is 130 Å². The van der Waals surface area contributed by atoms with Crippen LogP contribution in [0.25, 0.3) is 0 Å². The summed E-state index contributed by atoms with van der Waals surface area (Å²) in [5.74, 6) is -0.671. The van der Waals surface area contributed by atoms with E-state index in [2.05, 4.69) is 4.72 Å². The average molecular weight is 361 g/mol. The molecule has 10 heteroatoms. The van der Waals surface area contributed by atoms with E-state index in [0.717, 1.165) is 0 Å². The smallest absolute Gasteiger partial charge is 0.389 e. The lowest BCUT2D eigenvalue weighted by Gasteiger charge is -2.12. The second-order valence-corrected chi connectivity index (χ2v) is 6.91. The van der Waals surface area contributed by atoms with E-state index in [4.69, 9.17) is 29.6 Å². The van der Waals surface area contributed by atoms with Crippen LogP contribution in [0.15, 0.2) is 18.2 Å². The molecule has 0 radical (unpaired) electrons. The molecule has 0 bridgehead atoms. The third kappa shape index (κ3) is 6.49. The Hall–Kier alpha value is -1.06. The number of thiocarbonyl (C=S) groups is 1. The van der Waals surface area contributed by atoms with Gasteiger partial charge in [-0.1, -0.05) is 23.8 Å². The van der Waals surface area contributed by atoms with Crippen molar-refractivity contribution in [3.05, 3.63) is 28.8 Å². The summed E-state index contributed by atoms with van der Waals surface area (Å²) in [5.41, 5.74) is 5.73. The third-order valence-electron chi connectivity index (χ3n) is 2.39. The molecular weight excluding hydrogens is 349 g/mol. The lowest BCUT2D eigenvalue weighted by atomic mass is 10.2. The van der Waals surface area contributed by atoms with Crippen LogP contribution in [0.4, 0.5) is 18.9 Å². The zero-order valence-electron chi connectivity index (χ0n) is 10.6. The highest BCUT2D eigenvalue weighted by Crippen LogP contribution is 2.24. The maximum atomic E-state index is 12.0. The molecule has 1 aromatic carbocycles. The normalized spacial score (nSPS) is 12.2. The zero-order valence-corrected chi connectivity index (χ0v) is 13.0. The molecule has 0 saturated heterocycles. The first-order chi connectivity index (χ1) is 9.50. The fourth-order valence-electron chi connectivity index (χ4n) is 1.50. The monoisotopic (exact) mass is 360 g/mol. The van der Waals surface area contributed by atoms with Gasteiger partial charge in [0.1, 0.15) is 4.99 Å². The van der Waals surface area contributed by atoms with Crippen molar-refractivity contribution in [1.29, 1.82) is 0 Å². The molecule has 0 amide bonds. The van der Waals surface area contributed by atoms with Gasteiger partial charge < -0.3 is 5.73 Å². The van der Waals surface area contributed by atoms with E-state index in [1.807, 2.05) is 0 Å². The number of halogens is 4. The fraction of sp³-hybridized carbons (Fsp3) is 0.364. The van der Waals surface area contributed by atoms with Crippen LogP contribution in [-0.4, -0.2) is 25.3 Å². The van der Waals surface area contributed by atoms with E-state index in [-0.39, 0.29) is 21.3 Å². The molecule has 21 heavy (non-hydrogen) atoms. The van der Waals surface area contributed by atoms with Gasteiger partial charge in [0.2, 0.25) is 10.0 Å². The molecule has 0 spiro atoms. The number of sulfonamides is 1. The topological polar surface area (TPSA) is 72.2 Å². The molecule has 3 N–H and O–H groups in total. The van der Waals surface area contributed by atoms with Crippen molar-refractivity contribution in [1.82, 2.24) is 0 Å². The summed E-state index contributed by atoms with van der Waals surface area (Å²) >= 11 is 10.5. The van der Waals surface area contributed by atoms with E-state index in [1.54, 1.807) is 0 Å². The van der Waals surface area contributed by atoms with E-state index in [9.17, 15) is 21.6 Å². The molecule has 0 unspecified atom stereocenters. The lowest BCUT2D eigenvalue weighted by molar-refractivity contribution is -0.134. The second kappa shape index (κ2) is 6.80. The standard InChI is InChI=1S/C11H12ClF3N2O2S2/c12-7-2-3-8(10(16)20)9(6-7)17-21(18,19)5-1-4-11(13,14)15/h2-3,6,17H,1,4-5H2,(H2,16,20). The van der Waals surface area contributed by atoms with E-state index < -0.39 is 34.8 Å². The molecule has 0 fully saturated rings. The first kappa shape index (κ1) is 18.0. The van der Waals surface area contributed by atoms with Crippen LogP contribution in [0.5, 0.6) is 0 Å². The van der Waals surface area contributed by atoms with Crippen LogP contribution in [0.3, 0.4) is 0 Å². The molecule has 0 aliphatic heterocycles. The molecule has 4 nitrogen and oxygen atoms in total. The van der Waals surface area contributed by atoms with Crippen molar-refractivity contribution < 1.29 is 21.6 Å². The average Bonchev–Trinajstić information content (AvgIpc) is 2.25. The van der Waals surface area contributed by atoms with Gasteiger partial charge in [-0.25, -0.2) is 8.42 Å². The molecule has 0 saturated carbocycles. The van der Waals surface area contributed by atoms with Crippen molar-refractivity contribution in [3.8, 4) is 0 Å². The first-order valence-corrected chi connectivity index (χ1v) is 8.10. The Morgan fingerprint density at radius 3 is 2.52 bits per heavy atom. The number of rotatable bonds is 6. The minimum Gasteiger partial charge on any atom is -0.389 e. The number of benzene rings is 1. The van der Waals surface area contributed by atoms with Gasteiger partial charge in [-0.05, 0) is 24.6 Å². The van der Waals surface area contributed by atoms with Crippen molar-refractivity contribution >= 4 is 44.5 Å². The lowest BCUT2D eigenvalue weighted by Crippen LogP contribution is -2.21. The van der Waals surface area contributed by atoms with E-state index in [0.29, 0.717) is 0 Å². The molecule has 0 heterocycles. The SMILES string of the molecule is NC(=S)c1ccc(Cl)cc1NS(=O)(=O)CCCC(F)(F)F. The number of nitrogens with two attached hydrogens (primary N) is 1. The van der Waals surface area contributed by atoms with Crippen LogP contribution in [0.1, 0.15) is 18.4 Å². The van der Waals surface area contributed by atoms with Crippen LogP contribution in [-0.2, 0) is 10.0 Å². The summed E-state index contributed by atoms with van der Waals surface area (Å²) < 4.78 is 61.7. The highest BCUT2D eigenvalue weighted by molar-refractivity contribution is 7.92. The maximum Gasteiger partial charge on any atom is 0.389 e. The van der Waals surface area contributed by atoms with Gasteiger partial charge in [0.25, 0.3) is 0 Å². The molecule has 0 aromatic heterocycles. The number of hydrogen-bond donors (Lipinski definition) is 2. The summed E-state index contributed by atoms with van der Waals surface area (Å²) in [6, 6.07) is 4.19. The number of alkyl halides is 3. The molecule has 118 valence electrons. The van der Waals surface area contributed by atoms with Gasteiger partial charge in [-0.15, -0.1) is 0 Å². The quantitative estimate of drug-likeness (QED) is 0.765. The van der Waals surface area contributed by atoms with Gasteiger partial charge in [0, 0.05) is 17.0 Å². The number of anilines is 1. The van der Waals surface area contributed by atoms with Crippen molar-refractivity contribution in [2.45, 2.75) is 19.0 Å². The van der Waals surface area contributed by atoms with Crippen LogP contribution < -0.4 is 10.5 Å². The van der Waals surface area contributed by atoms with Crippen LogP contribution >= 0.6 is 23.8 Å². The number of hydrogen-bond acceptors (Lipinski definition) is 3. The summed E-state index contributed by atoms with van der Waals surface area (Å²) in [6.07, 6.45) is -6.11. The predicted octanol–water partition coefficient (Wildman–Crippen LogP) is 3.06. The van der Waals surface area contributed by atoms with Gasteiger partial charge in [0.15, 0.2) is 0 Å². The minimum atomic E-state index is -4.39. The van der Waals surface area contributed by atoms with Crippen LogP contribution in [0, 0.1) is 0 Å². The predicted molar refractivity (Wildman–Crippen MR) is 80.0 cm³/mol. The summed E-state index contributed by atoms with van der Waals surface area (Å²) in [7, 11) is -3.95. The van der Waals surface area contributed by atoms with Crippen LogP contribution in [0.2, 0.25) is 5.02 Å². The Balaban J connectivity index is 2.84. The molecular formula is C11H12ClF3N2O2S2. The highest BCUT2D eigenvalue weighted by Gasteiger charge is 2.27. The van der Waals surface area contributed by atoms with Gasteiger partial charge in [0.05, 0.1) is 11.4 Å². The summed E-state index contributed by atoms with van der Waals surface area (Å²) in [6.45, 7) is 0. The summed E-state index contributed by atoms with van der Waals surface area (Å²) in [4.78, 5) is -0.0559. The maximum absolute atomic E-state index is 12.0. The van der Waals surface area contributed by atoms with E-state index >= 15 is 0 Å². The fourth-order valence-corrected chi connectivity index (χ4v) is 2.98. The van der Waals surface area contributed by atoms with Crippen molar-refractivity contribution in [2.75, 3.05) is 10.5 Å². The second-order valence-electron chi connectivity index (χ2n) is 4.19. The van der Waals surface area contributed by atoms with Gasteiger partial charge in [-0.3, -0.25) is 4.72 Å². The molecule has 0 aliphatic carbocycles. The van der Waals surface area contributed by atoms with Gasteiger partial charge in [-0.2, -0.15) is 13.2 Å². The third-order valence-corrected chi connectivity index (χ3v) is 4.20. The van der Waals surface area contributed by atoms with Crippen molar-refractivity contribution in [3.63, 3.8) is 0 Å². The Kier molecular flexibility index (Phi) is 5.83. The first-order valence-electron chi connectivity index (χ1n) is 5.67.